The lowest BCUT2D eigenvalue weighted by Crippen LogP contribution is -2.33. The molecule has 1 aromatic heterocycles. The quantitative estimate of drug-likeness (QED) is 0.920. The molecule has 110 valence electrons. The summed E-state index contributed by atoms with van der Waals surface area (Å²) in [5.74, 6) is -1.38. The van der Waals surface area contributed by atoms with Gasteiger partial charge in [0.25, 0.3) is 5.91 Å². The first-order valence-electron chi connectivity index (χ1n) is 6.51. The first-order chi connectivity index (χ1) is 10.1. The molecule has 1 amide bonds. The van der Waals surface area contributed by atoms with Crippen molar-refractivity contribution in [3.8, 4) is 0 Å². The van der Waals surface area contributed by atoms with Crippen LogP contribution >= 0.6 is 0 Å². The molecular formula is C15H15F2N3O. The van der Waals surface area contributed by atoms with Crippen molar-refractivity contribution >= 4 is 11.6 Å². The Morgan fingerprint density at radius 1 is 1.19 bits per heavy atom. The van der Waals surface area contributed by atoms with Crippen LogP contribution in [0.5, 0.6) is 0 Å². The number of carbonyl (C=O) groups excluding carboxylic acids is 1. The number of hydrogen-bond donors (Lipinski definition) is 1. The molecule has 0 aliphatic carbocycles. The smallest absolute Gasteiger partial charge is 0.276 e. The minimum absolute atomic E-state index is 0.0951. The van der Waals surface area contributed by atoms with E-state index in [1.165, 1.54) is 29.2 Å². The summed E-state index contributed by atoms with van der Waals surface area (Å²) in [6.07, 6.45) is 1.53. The lowest BCUT2D eigenvalue weighted by atomic mass is 10.2. The van der Waals surface area contributed by atoms with E-state index in [9.17, 15) is 13.6 Å². The van der Waals surface area contributed by atoms with Gasteiger partial charge in [0.15, 0.2) is 0 Å². The number of hydrogen-bond acceptors (Lipinski definition) is 3. The number of benzene rings is 1. The standard InChI is InChI=1S/C15H15F2N3O/c16-11-3-1-4-13(9-11)20(8-2-7-18)15(21)14-6-5-12(17)10-19-14/h1,3-6,9-10H,2,7-8,18H2. The summed E-state index contributed by atoms with van der Waals surface area (Å²) >= 11 is 0. The fourth-order valence-electron chi connectivity index (χ4n) is 1.88. The Bertz CT molecular complexity index is 617. The van der Waals surface area contributed by atoms with Gasteiger partial charge in [-0.15, -0.1) is 0 Å². The fourth-order valence-corrected chi connectivity index (χ4v) is 1.88. The molecule has 0 bridgehead atoms. The number of carbonyl (C=O) groups is 1. The monoisotopic (exact) mass is 291 g/mol. The molecule has 0 atom stereocenters. The van der Waals surface area contributed by atoms with E-state index in [-0.39, 0.29) is 5.69 Å². The fraction of sp³-hybridized carbons (Fsp3) is 0.200. The van der Waals surface area contributed by atoms with Crippen molar-refractivity contribution in [2.45, 2.75) is 6.42 Å². The topological polar surface area (TPSA) is 59.2 Å². The number of amides is 1. The summed E-state index contributed by atoms with van der Waals surface area (Å²) in [7, 11) is 0. The zero-order valence-electron chi connectivity index (χ0n) is 11.3. The number of aromatic nitrogens is 1. The van der Waals surface area contributed by atoms with Crippen LogP contribution in [0.3, 0.4) is 0 Å². The third-order valence-electron chi connectivity index (χ3n) is 2.90. The summed E-state index contributed by atoms with van der Waals surface area (Å²) in [4.78, 5) is 17.6. The van der Waals surface area contributed by atoms with E-state index in [4.69, 9.17) is 5.73 Å². The molecule has 0 radical (unpaired) electrons. The minimum Gasteiger partial charge on any atom is -0.330 e. The maximum atomic E-state index is 13.3. The van der Waals surface area contributed by atoms with Gasteiger partial charge in [-0.2, -0.15) is 0 Å². The highest BCUT2D eigenvalue weighted by atomic mass is 19.1. The molecule has 0 aliphatic heterocycles. The second-order valence-electron chi connectivity index (χ2n) is 4.44. The van der Waals surface area contributed by atoms with Gasteiger partial charge in [0.05, 0.1) is 6.20 Å². The SMILES string of the molecule is NCCCN(C(=O)c1ccc(F)cn1)c1cccc(F)c1. The Kier molecular flexibility index (Phi) is 4.94. The highest BCUT2D eigenvalue weighted by Crippen LogP contribution is 2.18. The number of nitrogens with zero attached hydrogens (tertiary/aromatic N) is 2. The van der Waals surface area contributed by atoms with Crippen LogP contribution in [-0.4, -0.2) is 24.0 Å². The predicted octanol–water partition coefficient (Wildman–Crippen LogP) is 2.36. The first kappa shape index (κ1) is 15.1. The largest absolute Gasteiger partial charge is 0.330 e. The lowest BCUT2D eigenvalue weighted by molar-refractivity contribution is 0.0982. The van der Waals surface area contributed by atoms with Crippen molar-refractivity contribution in [3.63, 3.8) is 0 Å². The van der Waals surface area contributed by atoms with Gasteiger partial charge in [-0.3, -0.25) is 4.79 Å². The molecule has 1 heterocycles. The average Bonchev–Trinajstić information content (AvgIpc) is 2.48. The number of rotatable bonds is 5. The van der Waals surface area contributed by atoms with Crippen LogP contribution in [0.1, 0.15) is 16.9 Å². The van der Waals surface area contributed by atoms with Crippen molar-refractivity contribution in [2.75, 3.05) is 18.0 Å². The molecular weight excluding hydrogens is 276 g/mol. The molecule has 6 heteroatoms. The van der Waals surface area contributed by atoms with Crippen molar-refractivity contribution in [3.05, 3.63) is 59.9 Å². The van der Waals surface area contributed by atoms with Gasteiger partial charge in [-0.1, -0.05) is 6.07 Å². The van der Waals surface area contributed by atoms with E-state index >= 15 is 0 Å². The van der Waals surface area contributed by atoms with E-state index in [0.29, 0.717) is 25.2 Å². The van der Waals surface area contributed by atoms with Crippen molar-refractivity contribution in [1.82, 2.24) is 4.98 Å². The number of nitrogens with two attached hydrogens (primary N) is 1. The molecule has 21 heavy (non-hydrogen) atoms. The molecule has 2 aromatic rings. The summed E-state index contributed by atoms with van der Waals surface area (Å²) in [5, 5.41) is 0. The van der Waals surface area contributed by atoms with E-state index in [2.05, 4.69) is 4.98 Å². The molecule has 1 aromatic carbocycles. The summed E-state index contributed by atoms with van der Waals surface area (Å²) in [6, 6.07) is 8.16. The zero-order chi connectivity index (χ0) is 15.2. The van der Waals surface area contributed by atoms with Gasteiger partial charge < -0.3 is 10.6 Å². The molecule has 2 rings (SSSR count). The second-order valence-corrected chi connectivity index (χ2v) is 4.44. The van der Waals surface area contributed by atoms with Crippen molar-refractivity contribution < 1.29 is 13.6 Å². The Morgan fingerprint density at radius 2 is 2.00 bits per heavy atom. The van der Waals surface area contributed by atoms with Crippen molar-refractivity contribution in [1.29, 1.82) is 0 Å². The highest BCUT2D eigenvalue weighted by Gasteiger charge is 2.19. The van der Waals surface area contributed by atoms with Gasteiger partial charge >= 0.3 is 0 Å². The zero-order valence-corrected chi connectivity index (χ0v) is 11.3. The maximum absolute atomic E-state index is 13.3. The molecule has 0 saturated heterocycles. The Balaban J connectivity index is 2.31. The molecule has 0 fully saturated rings. The third-order valence-corrected chi connectivity index (χ3v) is 2.90. The van der Waals surface area contributed by atoms with Gasteiger partial charge in [0, 0.05) is 12.2 Å². The molecule has 0 spiro atoms. The van der Waals surface area contributed by atoms with E-state index < -0.39 is 17.5 Å². The van der Waals surface area contributed by atoms with Crippen LogP contribution in [0.15, 0.2) is 42.6 Å². The summed E-state index contributed by atoms with van der Waals surface area (Å²) in [5.41, 5.74) is 5.98. The van der Waals surface area contributed by atoms with Gasteiger partial charge in [0.2, 0.25) is 0 Å². The number of pyridine rings is 1. The first-order valence-corrected chi connectivity index (χ1v) is 6.51. The van der Waals surface area contributed by atoms with Crippen LogP contribution in [0.25, 0.3) is 0 Å². The molecule has 2 N–H and O–H groups in total. The van der Waals surface area contributed by atoms with Gasteiger partial charge in [-0.05, 0) is 43.3 Å². The Labute approximate surface area is 121 Å². The van der Waals surface area contributed by atoms with Crippen LogP contribution in [-0.2, 0) is 0 Å². The Hall–Kier alpha value is -2.34. The molecule has 0 unspecified atom stereocenters. The molecule has 0 aliphatic rings. The van der Waals surface area contributed by atoms with Crippen molar-refractivity contribution in [2.24, 2.45) is 5.73 Å². The van der Waals surface area contributed by atoms with Crippen LogP contribution < -0.4 is 10.6 Å². The van der Waals surface area contributed by atoms with E-state index in [0.717, 1.165) is 12.3 Å². The van der Waals surface area contributed by atoms with Crippen LogP contribution in [0.2, 0.25) is 0 Å². The Morgan fingerprint density at radius 3 is 2.62 bits per heavy atom. The van der Waals surface area contributed by atoms with Gasteiger partial charge in [0.1, 0.15) is 17.3 Å². The van der Waals surface area contributed by atoms with E-state index in [1.54, 1.807) is 6.07 Å². The molecule has 4 nitrogen and oxygen atoms in total. The number of halogens is 2. The predicted molar refractivity (Wildman–Crippen MR) is 75.9 cm³/mol. The molecule has 0 saturated carbocycles. The maximum Gasteiger partial charge on any atom is 0.276 e. The normalized spacial score (nSPS) is 10.4. The summed E-state index contributed by atoms with van der Waals surface area (Å²) < 4.78 is 26.2. The third kappa shape index (κ3) is 3.82. The van der Waals surface area contributed by atoms with Crippen LogP contribution in [0.4, 0.5) is 14.5 Å². The van der Waals surface area contributed by atoms with Gasteiger partial charge in [-0.25, -0.2) is 13.8 Å². The average molecular weight is 291 g/mol. The van der Waals surface area contributed by atoms with Crippen LogP contribution in [0, 0.1) is 11.6 Å². The lowest BCUT2D eigenvalue weighted by Gasteiger charge is -2.22. The van der Waals surface area contributed by atoms with E-state index in [1.807, 2.05) is 0 Å². The second kappa shape index (κ2) is 6.90. The summed E-state index contributed by atoms with van der Waals surface area (Å²) in [6.45, 7) is 0.730. The minimum atomic E-state index is -0.522. The highest BCUT2D eigenvalue weighted by molar-refractivity contribution is 6.04. The number of anilines is 1.